The number of hydrogen-bond donors (Lipinski definition) is 2. The van der Waals surface area contributed by atoms with Gasteiger partial charge in [-0.25, -0.2) is 4.39 Å². The smallest absolute Gasteiger partial charge is 0.323 e. The molecular formula is C23H21Cl2FN2O3. The van der Waals surface area contributed by atoms with Gasteiger partial charge in [-0.3, -0.25) is 9.59 Å². The van der Waals surface area contributed by atoms with Crippen LogP contribution in [0, 0.1) is 5.82 Å². The van der Waals surface area contributed by atoms with Crippen LogP contribution in [0.3, 0.4) is 0 Å². The molecule has 1 aliphatic rings. The average Bonchev–Trinajstić information content (AvgIpc) is 2.99. The highest BCUT2D eigenvalue weighted by Crippen LogP contribution is 2.33. The van der Waals surface area contributed by atoms with Gasteiger partial charge in [0, 0.05) is 39.1 Å². The van der Waals surface area contributed by atoms with Gasteiger partial charge >= 0.3 is 5.97 Å². The number of aliphatic carboxylic acids is 1. The lowest BCUT2D eigenvalue weighted by Crippen LogP contribution is -2.39. The number of amides is 1. The first-order valence-electron chi connectivity index (χ1n) is 10.1. The van der Waals surface area contributed by atoms with E-state index < -0.39 is 5.97 Å². The number of rotatable bonds is 6. The van der Waals surface area contributed by atoms with Gasteiger partial charge in [-0.1, -0.05) is 29.3 Å². The largest absolute Gasteiger partial charge is 0.480 e. The predicted octanol–water partition coefficient (Wildman–Crippen LogP) is 4.78. The Labute approximate surface area is 188 Å². The fourth-order valence-corrected chi connectivity index (χ4v) is 4.96. The van der Waals surface area contributed by atoms with Crippen LogP contribution in [0.15, 0.2) is 36.4 Å². The van der Waals surface area contributed by atoms with Crippen LogP contribution in [0.5, 0.6) is 0 Å². The van der Waals surface area contributed by atoms with Gasteiger partial charge in [0.15, 0.2) is 0 Å². The fourth-order valence-electron chi connectivity index (χ4n) is 4.37. The van der Waals surface area contributed by atoms with Crippen molar-refractivity contribution in [2.24, 2.45) is 0 Å². The van der Waals surface area contributed by atoms with Crippen LogP contribution in [0.1, 0.15) is 29.7 Å². The second-order valence-electron chi connectivity index (χ2n) is 7.77. The SMILES string of the molecule is O=C(O)Cn1c2c(c3cc(F)ccc31)CC(NC(=O)CCc1c(Cl)cccc1Cl)CC2. The molecule has 3 aromatic rings. The van der Waals surface area contributed by atoms with Crippen molar-refractivity contribution in [2.45, 2.75) is 44.7 Å². The number of aromatic nitrogens is 1. The van der Waals surface area contributed by atoms with Crippen LogP contribution in [-0.2, 0) is 35.4 Å². The molecule has 0 saturated heterocycles. The van der Waals surface area contributed by atoms with Gasteiger partial charge in [0.2, 0.25) is 5.91 Å². The summed E-state index contributed by atoms with van der Waals surface area (Å²) in [6, 6.07) is 9.55. The van der Waals surface area contributed by atoms with Gasteiger partial charge in [-0.15, -0.1) is 0 Å². The first-order chi connectivity index (χ1) is 14.8. The molecule has 0 bridgehead atoms. The minimum atomic E-state index is -0.947. The summed E-state index contributed by atoms with van der Waals surface area (Å²) < 4.78 is 15.6. The number of benzene rings is 2. The number of carboxylic acids is 1. The van der Waals surface area contributed by atoms with Crippen molar-refractivity contribution in [3.8, 4) is 0 Å². The third-order valence-corrected chi connectivity index (χ3v) is 6.46. The van der Waals surface area contributed by atoms with Crippen LogP contribution < -0.4 is 5.32 Å². The van der Waals surface area contributed by atoms with E-state index in [9.17, 15) is 19.1 Å². The summed E-state index contributed by atoms with van der Waals surface area (Å²) in [5.41, 5.74) is 3.26. The molecular weight excluding hydrogens is 442 g/mol. The molecule has 1 heterocycles. The molecule has 1 atom stereocenters. The molecule has 0 saturated carbocycles. The summed E-state index contributed by atoms with van der Waals surface area (Å²) in [5.74, 6) is -1.42. The van der Waals surface area contributed by atoms with Gasteiger partial charge in [-0.05, 0) is 67.1 Å². The molecule has 5 nitrogen and oxygen atoms in total. The molecule has 1 aliphatic carbocycles. The highest BCUT2D eigenvalue weighted by atomic mass is 35.5. The molecule has 8 heteroatoms. The Hall–Kier alpha value is -2.57. The molecule has 1 unspecified atom stereocenters. The van der Waals surface area contributed by atoms with E-state index in [0.717, 1.165) is 16.8 Å². The van der Waals surface area contributed by atoms with Crippen LogP contribution in [0.2, 0.25) is 10.0 Å². The van der Waals surface area contributed by atoms with E-state index in [4.69, 9.17) is 23.2 Å². The van der Waals surface area contributed by atoms with E-state index in [1.54, 1.807) is 28.8 Å². The molecule has 2 aromatic carbocycles. The maximum absolute atomic E-state index is 13.9. The first-order valence-corrected chi connectivity index (χ1v) is 10.8. The van der Waals surface area contributed by atoms with Crippen LogP contribution in [0.4, 0.5) is 4.39 Å². The third kappa shape index (κ3) is 4.55. The number of carbonyl (C=O) groups excluding carboxylic acids is 1. The first kappa shape index (κ1) is 21.7. The van der Waals surface area contributed by atoms with Gasteiger partial charge in [0.1, 0.15) is 12.4 Å². The topological polar surface area (TPSA) is 71.3 Å². The van der Waals surface area contributed by atoms with Crippen molar-refractivity contribution in [3.63, 3.8) is 0 Å². The van der Waals surface area contributed by atoms with Crippen molar-refractivity contribution in [1.82, 2.24) is 9.88 Å². The lowest BCUT2D eigenvalue weighted by molar-refractivity contribution is -0.137. The second kappa shape index (κ2) is 8.89. The molecule has 162 valence electrons. The monoisotopic (exact) mass is 462 g/mol. The van der Waals surface area contributed by atoms with E-state index >= 15 is 0 Å². The molecule has 2 N–H and O–H groups in total. The van der Waals surface area contributed by atoms with E-state index in [-0.39, 0.29) is 30.7 Å². The molecule has 4 rings (SSSR count). The Kier molecular flexibility index (Phi) is 6.21. The summed E-state index contributed by atoms with van der Waals surface area (Å²) in [6.45, 7) is -0.174. The second-order valence-corrected chi connectivity index (χ2v) is 8.59. The van der Waals surface area contributed by atoms with Gasteiger partial charge in [0.25, 0.3) is 0 Å². The summed E-state index contributed by atoms with van der Waals surface area (Å²) in [4.78, 5) is 23.9. The molecule has 1 aromatic heterocycles. The zero-order chi connectivity index (χ0) is 22.1. The Bertz CT molecular complexity index is 1160. The van der Waals surface area contributed by atoms with Crippen molar-refractivity contribution in [3.05, 3.63) is 69.1 Å². The van der Waals surface area contributed by atoms with Crippen LogP contribution in [-0.4, -0.2) is 27.6 Å². The van der Waals surface area contributed by atoms with Crippen molar-refractivity contribution in [2.75, 3.05) is 0 Å². The molecule has 0 aliphatic heterocycles. The highest BCUT2D eigenvalue weighted by molar-refractivity contribution is 6.36. The van der Waals surface area contributed by atoms with E-state index in [0.29, 0.717) is 46.6 Å². The standard InChI is InChI=1S/C23H21Cl2FN2O3/c24-18-2-1-3-19(25)15(18)6-9-22(29)27-14-5-8-21-17(11-14)16-10-13(26)4-7-20(16)28(21)12-23(30)31/h1-4,7,10,14H,5-6,8-9,11-12H2,(H,27,29)(H,30,31). The third-order valence-electron chi connectivity index (χ3n) is 5.75. The molecule has 0 radical (unpaired) electrons. The molecule has 0 spiro atoms. The number of hydrogen-bond acceptors (Lipinski definition) is 2. The minimum absolute atomic E-state index is 0.103. The molecule has 1 amide bonds. The Morgan fingerprint density at radius 2 is 1.94 bits per heavy atom. The minimum Gasteiger partial charge on any atom is -0.480 e. The van der Waals surface area contributed by atoms with Crippen molar-refractivity contribution < 1.29 is 19.1 Å². The number of nitrogens with zero attached hydrogens (tertiary/aromatic N) is 1. The van der Waals surface area contributed by atoms with Gasteiger partial charge in [-0.2, -0.15) is 0 Å². The summed E-state index contributed by atoms with van der Waals surface area (Å²) in [5, 5.41) is 14.1. The average molecular weight is 463 g/mol. The summed E-state index contributed by atoms with van der Waals surface area (Å²) in [6.07, 6.45) is 2.51. The fraction of sp³-hybridized carbons (Fsp3) is 0.304. The normalized spacial score (nSPS) is 15.6. The maximum atomic E-state index is 13.9. The van der Waals surface area contributed by atoms with Crippen LogP contribution in [0.25, 0.3) is 10.9 Å². The summed E-state index contributed by atoms with van der Waals surface area (Å²) in [7, 11) is 0. The molecule has 31 heavy (non-hydrogen) atoms. The van der Waals surface area contributed by atoms with Gasteiger partial charge < -0.3 is 15.0 Å². The van der Waals surface area contributed by atoms with Crippen molar-refractivity contribution in [1.29, 1.82) is 0 Å². The lowest BCUT2D eigenvalue weighted by atomic mass is 9.91. The lowest BCUT2D eigenvalue weighted by Gasteiger charge is -2.25. The Morgan fingerprint density at radius 1 is 1.19 bits per heavy atom. The zero-order valence-electron chi connectivity index (χ0n) is 16.6. The van der Waals surface area contributed by atoms with Crippen molar-refractivity contribution >= 4 is 46.0 Å². The molecule has 0 fully saturated rings. The van der Waals surface area contributed by atoms with E-state index in [2.05, 4.69) is 5.32 Å². The quantitative estimate of drug-likeness (QED) is 0.553. The number of fused-ring (bicyclic) bond motifs is 3. The Morgan fingerprint density at radius 3 is 2.65 bits per heavy atom. The van der Waals surface area contributed by atoms with E-state index in [1.807, 2.05) is 0 Å². The Balaban J connectivity index is 1.50. The van der Waals surface area contributed by atoms with Crippen LogP contribution >= 0.6 is 23.2 Å². The summed E-state index contributed by atoms with van der Waals surface area (Å²) >= 11 is 12.4. The zero-order valence-corrected chi connectivity index (χ0v) is 18.1. The van der Waals surface area contributed by atoms with Gasteiger partial charge in [0.05, 0.1) is 0 Å². The number of nitrogens with one attached hydrogen (secondary N) is 1. The van der Waals surface area contributed by atoms with E-state index in [1.165, 1.54) is 12.1 Å². The predicted molar refractivity (Wildman–Crippen MR) is 118 cm³/mol. The maximum Gasteiger partial charge on any atom is 0.323 e. The number of halogens is 3. The number of carboxylic acid groups (broad SMARTS) is 1. The highest BCUT2D eigenvalue weighted by Gasteiger charge is 2.27. The number of carbonyl (C=O) groups is 2.